The van der Waals surface area contributed by atoms with E-state index in [9.17, 15) is 4.79 Å². The maximum atomic E-state index is 13.1. The van der Waals surface area contributed by atoms with Gasteiger partial charge in [0.05, 0.1) is 23.2 Å². The summed E-state index contributed by atoms with van der Waals surface area (Å²) in [5.41, 5.74) is 7.96. The van der Waals surface area contributed by atoms with Gasteiger partial charge in [0.25, 0.3) is 5.56 Å². The number of methoxy groups -OCH3 is 1. The number of hydrogen-bond acceptors (Lipinski definition) is 4. The number of halogens is 1. The summed E-state index contributed by atoms with van der Waals surface area (Å²) in [5.74, 6) is 0.188. The van der Waals surface area contributed by atoms with Crippen molar-refractivity contribution in [2.45, 2.75) is 19.9 Å². The lowest BCUT2D eigenvalue weighted by atomic mass is 10.1. The molecule has 24 heavy (non-hydrogen) atoms. The van der Waals surface area contributed by atoms with Crippen LogP contribution in [0.25, 0.3) is 21.8 Å². The van der Waals surface area contributed by atoms with Crippen molar-refractivity contribution in [2.24, 2.45) is 11.7 Å². The predicted octanol–water partition coefficient (Wildman–Crippen LogP) is 2.31. The van der Waals surface area contributed by atoms with E-state index in [4.69, 9.17) is 22.1 Å². The Bertz CT molecular complexity index is 932. The zero-order valence-electron chi connectivity index (χ0n) is 13.8. The van der Waals surface area contributed by atoms with Gasteiger partial charge in [0.2, 0.25) is 0 Å². The van der Waals surface area contributed by atoms with Gasteiger partial charge in [-0.05, 0) is 30.7 Å². The Morgan fingerprint density at radius 2 is 2.25 bits per heavy atom. The van der Waals surface area contributed by atoms with Crippen molar-refractivity contribution in [3.05, 3.63) is 39.3 Å². The van der Waals surface area contributed by atoms with E-state index in [2.05, 4.69) is 10.2 Å². The number of nitrogens with two attached hydrogens (primary N) is 1. The predicted molar refractivity (Wildman–Crippen MR) is 96.7 cm³/mol. The molecule has 0 unspecified atom stereocenters. The first kappa shape index (κ1) is 17.0. The van der Waals surface area contributed by atoms with Crippen LogP contribution in [0.15, 0.2) is 23.0 Å². The van der Waals surface area contributed by atoms with E-state index in [0.29, 0.717) is 42.0 Å². The van der Waals surface area contributed by atoms with Gasteiger partial charge < -0.3 is 15.0 Å². The normalized spacial score (nSPS) is 13.0. The SMILES string of the molecule is COCCc1[nH]nc2c1c(=O)n(C[C@@H](C)CN)c1ccc(Cl)cc21. The minimum atomic E-state index is -0.0556. The standard InChI is InChI=1S/C17H21ClN4O2/c1-10(8-19)9-22-14-4-3-11(18)7-12(14)16-15(17(22)23)13(20-21-16)5-6-24-2/h3-4,7,10H,5-6,8-9,19H2,1-2H3,(H,20,21)/t10-/m0/s1. The Morgan fingerprint density at radius 3 is 2.96 bits per heavy atom. The third-order valence-electron chi connectivity index (χ3n) is 4.26. The minimum absolute atomic E-state index is 0.0556. The van der Waals surface area contributed by atoms with Crippen molar-refractivity contribution in [3.63, 3.8) is 0 Å². The molecule has 3 N–H and O–H groups in total. The Kier molecular flexibility index (Phi) is 4.89. The zero-order valence-corrected chi connectivity index (χ0v) is 14.6. The maximum absolute atomic E-state index is 13.1. The molecule has 2 heterocycles. The molecular weight excluding hydrogens is 328 g/mol. The van der Waals surface area contributed by atoms with Gasteiger partial charge in [0.1, 0.15) is 5.52 Å². The van der Waals surface area contributed by atoms with Gasteiger partial charge in [-0.25, -0.2) is 0 Å². The number of aromatic nitrogens is 3. The third kappa shape index (κ3) is 2.92. The van der Waals surface area contributed by atoms with Crippen LogP contribution in [-0.2, 0) is 17.7 Å². The molecule has 0 saturated carbocycles. The van der Waals surface area contributed by atoms with Gasteiger partial charge in [-0.2, -0.15) is 5.10 Å². The van der Waals surface area contributed by atoms with E-state index in [1.54, 1.807) is 17.7 Å². The zero-order chi connectivity index (χ0) is 17.3. The highest BCUT2D eigenvalue weighted by atomic mass is 35.5. The Balaban J connectivity index is 2.33. The van der Waals surface area contributed by atoms with Gasteiger partial charge in [-0.1, -0.05) is 18.5 Å². The first-order chi connectivity index (χ1) is 11.6. The number of pyridine rings is 1. The number of fused-ring (bicyclic) bond motifs is 3. The van der Waals surface area contributed by atoms with Gasteiger partial charge in [-0.3, -0.25) is 9.89 Å². The van der Waals surface area contributed by atoms with Gasteiger partial charge in [0, 0.05) is 30.5 Å². The molecule has 1 aromatic carbocycles. The summed E-state index contributed by atoms with van der Waals surface area (Å²) in [7, 11) is 1.63. The molecule has 0 amide bonds. The molecule has 3 aromatic rings. The lowest BCUT2D eigenvalue weighted by Gasteiger charge is -2.15. The van der Waals surface area contributed by atoms with Gasteiger partial charge in [-0.15, -0.1) is 0 Å². The van der Waals surface area contributed by atoms with Crippen LogP contribution in [0.2, 0.25) is 5.02 Å². The Hall–Kier alpha value is -1.89. The lowest BCUT2D eigenvalue weighted by molar-refractivity contribution is 0.201. The Morgan fingerprint density at radius 1 is 1.46 bits per heavy atom. The molecule has 0 aliphatic rings. The number of benzene rings is 1. The van der Waals surface area contributed by atoms with E-state index in [-0.39, 0.29) is 11.5 Å². The summed E-state index contributed by atoms with van der Waals surface area (Å²) in [6, 6.07) is 5.51. The molecule has 3 rings (SSSR count). The van der Waals surface area contributed by atoms with Crippen molar-refractivity contribution >= 4 is 33.4 Å². The monoisotopic (exact) mass is 348 g/mol. The first-order valence-electron chi connectivity index (χ1n) is 7.94. The number of hydrogen-bond donors (Lipinski definition) is 2. The molecule has 1 atom stereocenters. The van der Waals surface area contributed by atoms with Crippen LogP contribution in [0, 0.1) is 5.92 Å². The fraction of sp³-hybridized carbons (Fsp3) is 0.412. The topological polar surface area (TPSA) is 85.9 Å². The number of nitrogens with one attached hydrogen (secondary N) is 1. The van der Waals surface area contributed by atoms with E-state index < -0.39 is 0 Å². The average molecular weight is 349 g/mol. The molecule has 0 aliphatic carbocycles. The second kappa shape index (κ2) is 6.93. The van der Waals surface area contributed by atoms with E-state index >= 15 is 0 Å². The summed E-state index contributed by atoms with van der Waals surface area (Å²) >= 11 is 6.17. The van der Waals surface area contributed by atoms with E-state index in [0.717, 1.165) is 16.6 Å². The molecule has 6 nitrogen and oxygen atoms in total. The van der Waals surface area contributed by atoms with Crippen LogP contribution in [0.5, 0.6) is 0 Å². The van der Waals surface area contributed by atoms with Gasteiger partial charge >= 0.3 is 0 Å². The molecule has 7 heteroatoms. The molecule has 0 fully saturated rings. The molecule has 0 radical (unpaired) electrons. The van der Waals surface area contributed by atoms with E-state index in [1.165, 1.54) is 0 Å². The number of aromatic amines is 1. The highest BCUT2D eigenvalue weighted by Crippen LogP contribution is 2.26. The Labute approximate surface area is 144 Å². The number of H-pyrrole nitrogens is 1. The number of nitrogens with zero attached hydrogens (tertiary/aromatic N) is 2. The fourth-order valence-electron chi connectivity index (χ4n) is 2.93. The van der Waals surface area contributed by atoms with Gasteiger partial charge in [0.15, 0.2) is 0 Å². The highest BCUT2D eigenvalue weighted by Gasteiger charge is 2.18. The molecule has 0 aliphatic heterocycles. The average Bonchev–Trinajstić information content (AvgIpc) is 3.00. The number of rotatable bonds is 6. The van der Waals surface area contributed by atoms with Crippen LogP contribution in [0.4, 0.5) is 0 Å². The summed E-state index contributed by atoms with van der Waals surface area (Å²) in [5, 5.41) is 9.43. The van der Waals surface area contributed by atoms with Crippen molar-refractivity contribution in [2.75, 3.05) is 20.3 Å². The second-order valence-electron chi connectivity index (χ2n) is 6.09. The first-order valence-corrected chi connectivity index (χ1v) is 8.32. The lowest BCUT2D eigenvalue weighted by Crippen LogP contribution is -2.27. The maximum Gasteiger partial charge on any atom is 0.262 e. The van der Waals surface area contributed by atoms with Crippen LogP contribution in [0.1, 0.15) is 12.6 Å². The van der Waals surface area contributed by atoms with Crippen molar-refractivity contribution < 1.29 is 4.74 Å². The van der Waals surface area contributed by atoms with Crippen LogP contribution in [-0.4, -0.2) is 35.0 Å². The van der Waals surface area contributed by atoms with Crippen molar-refractivity contribution in [3.8, 4) is 0 Å². The highest BCUT2D eigenvalue weighted by molar-refractivity contribution is 6.31. The molecule has 0 bridgehead atoms. The van der Waals surface area contributed by atoms with Crippen LogP contribution < -0.4 is 11.3 Å². The second-order valence-corrected chi connectivity index (χ2v) is 6.52. The summed E-state index contributed by atoms with van der Waals surface area (Å²) in [6.45, 7) is 3.61. The molecule has 0 saturated heterocycles. The fourth-order valence-corrected chi connectivity index (χ4v) is 3.11. The molecule has 2 aromatic heterocycles. The number of ether oxygens (including phenoxy) is 1. The largest absolute Gasteiger partial charge is 0.384 e. The molecular formula is C17H21ClN4O2. The van der Waals surface area contributed by atoms with Crippen molar-refractivity contribution in [1.82, 2.24) is 14.8 Å². The minimum Gasteiger partial charge on any atom is -0.384 e. The van der Waals surface area contributed by atoms with Crippen molar-refractivity contribution in [1.29, 1.82) is 0 Å². The summed E-state index contributed by atoms with van der Waals surface area (Å²) in [6.07, 6.45) is 0.598. The smallest absolute Gasteiger partial charge is 0.262 e. The quantitative estimate of drug-likeness (QED) is 0.715. The van der Waals surface area contributed by atoms with E-state index in [1.807, 2.05) is 19.1 Å². The summed E-state index contributed by atoms with van der Waals surface area (Å²) in [4.78, 5) is 13.1. The molecule has 128 valence electrons. The summed E-state index contributed by atoms with van der Waals surface area (Å²) < 4.78 is 6.90. The molecule has 0 spiro atoms. The third-order valence-corrected chi connectivity index (χ3v) is 4.49. The van der Waals surface area contributed by atoms with Crippen LogP contribution in [0.3, 0.4) is 0 Å². The van der Waals surface area contributed by atoms with Crippen LogP contribution >= 0.6 is 11.6 Å².